The zero-order valence-electron chi connectivity index (χ0n) is 19.5. The number of ether oxygens (including phenoxy) is 2. The van der Waals surface area contributed by atoms with Gasteiger partial charge in [-0.05, 0) is 60.0 Å². The number of rotatable bonds is 8. The third kappa shape index (κ3) is 4.82. The first-order valence-corrected chi connectivity index (χ1v) is 11.2. The summed E-state index contributed by atoms with van der Waals surface area (Å²) in [6, 6.07) is 13.9. The molecule has 0 saturated carbocycles. The first-order chi connectivity index (χ1) is 16.9. The minimum absolute atomic E-state index is 0.0474. The van der Waals surface area contributed by atoms with Crippen molar-refractivity contribution < 1.29 is 29.3 Å². The number of aromatic hydroxyl groups is 1. The molecule has 0 spiro atoms. The molecule has 1 aliphatic rings. The van der Waals surface area contributed by atoms with Gasteiger partial charge in [-0.25, -0.2) is 0 Å². The van der Waals surface area contributed by atoms with Gasteiger partial charge in [-0.2, -0.15) is 0 Å². The normalized spacial score (nSPS) is 17.0. The number of aromatic nitrogens is 1. The fraction of sp³-hybridized carbons (Fsp3) is 0.222. The minimum Gasteiger partial charge on any atom is -0.507 e. The molecule has 180 valence electrons. The van der Waals surface area contributed by atoms with E-state index < -0.39 is 17.7 Å². The number of pyridine rings is 1. The monoisotopic (exact) mass is 474 g/mol. The van der Waals surface area contributed by atoms with Crippen molar-refractivity contribution in [3.8, 4) is 17.2 Å². The number of carbonyl (C=O) groups is 2. The smallest absolute Gasteiger partial charge is 0.295 e. The van der Waals surface area contributed by atoms with Crippen molar-refractivity contribution in [2.45, 2.75) is 25.9 Å². The summed E-state index contributed by atoms with van der Waals surface area (Å²) < 4.78 is 10.8. The van der Waals surface area contributed by atoms with Crippen LogP contribution in [0.3, 0.4) is 0 Å². The molecule has 0 radical (unpaired) electrons. The van der Waals surface area contributed by atoms with Crippen LogP contribution in [0.4, 0.5) is 0 Å². The SMILES string of the molecule is CCCOc1ccc(/C(O)=C2\C(=O)C(=O)N(Cc3cccnc3)[C@@H]2c2ccc(O)c(OC)c2)cc1. The van der Waals surface area contributed by atoms with Crippen LogP contribution in [-0.4, -0.2) is 45.5 Å². The quantitative estimate of drug-likeness (QED) is 0.286. The highest BCUT2D eigenvalue weighted by atomic mass is 16.5. The highest BCUT2D eigenvalue weighted by molar-refractivity contribution is 6.46. The molecule has 35 heavy (non-hydrogen) atoms. The molecule has 0 aliphatic carbocycles. The minimum atomic E-state index is -0.902. The van der Waals surface area contributed by atoms with E-state index >= 15 is 0 Å². The van der Waals surface area contributed by atoms with E-state index in [9.17, 15) is 19.8 Å². The standard InChI is InChI=1S/C27H26N2O6/c1-3-13-35-20-9-6-18(7-10-20)25(31)23-24(19-8-11-21(30)22(14-19)34-2)29(27(33)26(23)32)16-17-5-4-12-28-15-17/h4-12,14-15,24,30-31H,3,13,16H2,1-2H3/b25-23+/t24-/m1/s1. The molecular weight excluding hydrogens is 448 g/mol. The van der Waals surface area contributed by atoms with Gasteiger partial charge in [-0.1, -0.05) is 19.1 Å². The summed E-state index contributed by atoms with van der Waals surface area (Å²) in [6.07, 6.45) is 4.09. The number of Topliss-reactive ketones (excluding diaryl/α,β-unsaturated/α-hetero) is 1. The summed E-state index contributed by atoms with van der Waals surface area (Å²) in [6.45, 7) is 2.67. The van der Waals surface area contributed by atoms with Gasteiger partial charge < -0.3 is 24.6 Å². The molecule has 1 fully saturated rings. The number of hydrogen-bond donors (Lipinski definition) is 2. The van der Waals surface area contributed by atoms with E-state index in [0.29, 0.717) is 23.5 Å². The van der Waals surface area contributed by atoms with Gasteiger partial charge in [0.1, 0.15) is 11.5 Å². The largest absolute Gasteiger partial charge is 0.507 e. The number of aliphatic hydroxyl groups excluding tert-OH is 1. The Balaban J connectivity index is 1.82. The number of carbonyl (C=O) groups excluding carboxylic acids is 2. The van der Waals surface area contributed by atoms with E-state index in [4.69, 9.17) is 9.47 Å². The van der Waals surface area contributed by atoms with Crippen molar-refractivity contribution in [3.05, 3.63) is 89.3 Å². The van der Waals surface area contributed by atoms with Gasteiger partial charge in [0, 0.05) is 24.5 Å². The average molecular weight is 475 g/mol. The number of likely N-dealkylation sites (tertiary alicyclic amines) is 1. The third-order valence-electron chi connectivity index (χ3n) is 5.74. The van der Waals surface area contributed by atoms with Gasteiger partial charge >= 0.3 is 0 Å². The van der Waals surface area contributed by atoms with Crippen molar-refractivity contribution in [2.24, 2.45) is 0 Å². The fourth-order valence-electron chi connectivity index (χ4n) is 4.03. The van der Waals surface area contributed by atoms with Crippen LogP contribution in [-0.2, 0) is 16.1 Å². The summed E-state index contributed by atoms with van der Waals surface area (Å²) >= 11 is 0. The second kappa shape index (κ2) is 10.3. The van der Waals surface area contributed by atoms with Gasteiger partial charge in [0.2, 0.25) is 0 Å². The molecule has 0 unspecified atom stereocenters. The van der Waals surface area contributed by atoms with E-state index in [2.05, 4.69) is 4.98 Å². The van der Waals surface area contributed by atoms with Gasteiger partial charge in [0.15, 0.2) is 11.5 Å². The highest BCUT2D eigenvalue weighted by Crippen LogP contribution is 2.42. The molecule has 1 atom stereocenters. The van der Waals surface area contributed by atoms with E-state index in [0.717, 1.165) is 12.0 Å². The maximum Gasteiger partial charge on any atom is 0.295 e. The summed E-state index contributed by atoms with van der Waals surface area (Å²) in [4.78, 5) is 31.8. The van der Waals surface area contributed by atoms with Crippen molar-refractivity contribution in [1.82, 2.24) is 9.88 Å². The average Bonchev–Trinajstić information content (AvgIpc) is 3.13. The summed E-state index contributed by atoms with van der Waals surface area (Å²) in [5.74, 6) is -1.09. The number of aliphatic hydroxyl groups is 1. The molecule has 3 aromatic rings. The maximum absolute atomic E-state index is 13.2. The lowest BCUT2D eigenvalue weighted by Gasteiger charge is -2.25. The number of phenolic OH excluding ortho intramolecular Hbond substituents is 1. The van der Waals surface area contributed by atoms with Crippen molar-refractivity contribution in [1.29, 1.82) is 0 Å². The molecule has 8 heteroatoms. The van der Waals surface area contributed by atoms with Crippen LogP contribution in [0.25, 0.3) is 5.76 Å². The molecule has 2 N–H and O–H groups in total. The van der Waals surface area contributed by atoms with E-state index in [-0.39, 0.29) is 29.4 Å². The van der Waals surface area contributed by atoms with Crippen LogP contribution in [0.15, 0.2) is 72.6 Å². The Morgan fingerprint density at radius 1 is 1.11 bits per heavy atom. The lowest BCUT2D eigenvalue weighted by Crippen LogP contribution is -2.29. The van der Waals surface area contributed by atoms with E-state index in [1.165, 1.54) is 18.1 Å². The zero-order valence-corrected chi connectivity index (χ0v) is 19.5. The number of phenols is 1. The number of benzene rings is 2. The Hall–Kier alpha value is -4.33. The van der Waals surface area contributed by atoms with E-state index in [1.807, 2.05) is 6.92 Å². The Morgan fingerprint density at radius 3 is 2.54 bits per heavy atom. The predicted octanol–water partition coefficient (Wildman–Crippen LogP) is 4.21. The lowest BCUT2D eigenvalue weighted by molar-refractivity contribution is -0.140. The number of amides is 1. The third-order valence-corrected chi connectivity index (χ3v) is 5.74. The number of nitrogens with zero attached hydrogens (tertiary/aromatic N) is 2. The first kappa shape index (κ1) is 23.8. The summed E-state index contributed by atoms with van der Waals surface area (Å²) in [7, 11) is 1.41. The fourth-order valence-corrected chi connectivity index (χ4v) is 4.03. The van der Waals surface area contributed by atoms with Crippen molar-refractivity contribution in [2.75, 3.05) is 13.7 Å². The highest BCUT2D eigenvalue weighted by Gasteiger charge is 2.46. The Bertz CT molecular complexity index is 1250. The Labute approximate surface area is 203 Å². The zero-order chi connectivity index (χ0) is 24.9. The van der Waals surface area contributed by atoms with Crippen LogP contribution >= 0.6 is 0 Å². The summed E-state index contributed by atoms with van der Waals surface area (Å²) in [5.41, 5.74) is 1.56. The maximum atomic E-state index is 13.2. The van der Waals surface area contributed by atoms with Crippen molar-refractivity contribution >= 4 is 17.4 Å². The molecule has 2 aromatic carbocycles. The number of methoxy groups -OCH3 is 1. The lowest BCUT2D eigenvalue weighted by atomic mass is 9.95. The molecular formula is C27H26N2O6. The van der Waals surface area contributed by atoms with Crippen LogP contribution in [0.5, 0.6) is 17.2 Å². The molecule has 1 aliphatic heterocycles. The van der Waals surface area contributed by atoms with Crippen LogP contribution in [0.2, 0.25) is 0 Å². The second-order valence-electron chi connectivity index (χ2n) is 8.09. The Kier molecular flexibility index (Phi) is 7.01. The topological polar surface area (TPSA) is 109 Å². The first-order valence-electron chi connectivity index (χ1n) is 11.2. The number of hydrogen-bond acceptors (Lipinski definition) is 7. The second-order valence-corrected chi connectivity index (χ2v) is 8.09. The van der Waals surface area contributed by atoms with Gasteiger partial charge in [0.05, 0.1) is 25.3 Å². The van der Waals surface area contributed by atoms with Gasteiger partial charge in [-0.3, -0.25) is 14.6 Å². The Morgan fingerprint density at radius 2 is 1.89 bits per heavy atom. The van der Waals surface area contributed by atoms with Crippen LogP contribution in [0.1, 0.15) is 36.1 Å². The molecule has 1 amide bonds. The molecule has 4 rings (SSSR count). The van der Waals surface area contributed by atoms with Gasteiger partial charge in [0.25, 0.3) is 11.7 Å². The molecule has 0 bridgehead atoms. The van der Waals surface area contributed by atoms with E-state index in [1.54, 1.807) is 60.9 Å². The number of ketones is 1. The van der Waals surface area contributed by atoms with Gasteiger partial charge in [-0.15, -0.1) is 0 Å². The van der Waals surface area contributed by atoms with Crippen LogP contribution < -0.4 is 9.47 Å². The molecule has 1 aromatic heterocycles. The summed E-state index contributed by atoms with van der Waals surface area (Å²) in [5, 5.41) is 21.3. The molecule has 8 nitrogen and oxygen atoms in total. The molecule has 1 saturated heterocycles. The van der Waals surface area contributed by atoms with Crippen molar-refractivity contribution in [3.63, 3.8) is 0 Å². The predicted molar refractivity (Wildman–Crippen MR) is 129 cm³/mol. The molecule has 2 heterocycles. The van der Waals surface area contributed by atoms with Crippen LogP contribution in [0, 0.1) is 0 Å².